The van der Waals surface area contributed by atoms with Crippen LogP contribution >= 0.6 is 11.3 Å². The second-order valence-electron chi connectivity index (χ2n) is 8.04. The largest absolute Gasteiger partial charge is 0.573 e. The van der Waals surface area contributed by atoms with E-state index in [1.54, 1.807) is 18.2 Å². The van der Waals surface area contributed by atoms with Crippen LogP contribution in [0.1, 0.15) is 33.8 Å². The maximum absolute atomic E-state index is 12.9. The van der Waals surface area contributed by atoms with Crippen molar-refractivity contribution in [2.75, 3.05) is 0 Å². The summed E-state index contributed by atoms with van der Waals surface area (Å²) in [6.07, 6.45) is -4.34. The minimum atomic E-state index is -4.77. The van der Waals surface area contributed by atoms with Crippen LogP contribution in [0.15, 0.2) is 42.5 Å². The number of alkyl halides is 3. The zero-order valence-electron chi connectivity index (χ0n) is 18.4. The van der Waals surface area contributed by atoms with E-state index in [2.05, 4.69) is 20.3 Å². The minimum Gasteiger partial charge on any atom is -0.486 e. The van der Waals surface area contributed by atoms with Gasteiger partial charge in [0.25, 0.3) is 5.91 Å². The van der Waals surface area contributed by atoms with Gasteiger partial charge in [0.2, 0.25) is 11.8 Å². The molecule has 1 aromatic heterocycles. The second-order valence-corrected chi connectivity index (χ2v) is 9.11. The number of nitrogens with one attached hydrogen (secondary N) is 1. The average Bonchev–Trinajstić information content (AvgIpc) is 3.43. The van der Waals surface area contributed by atoms with Crippen molar-refractivity contribution in [2.45, 2.75) is 38.4 Å². The summed E-state index contributed by atoms with van der Waals surface area (Å²) in [4.78, 5) is 38.1. The number of halogens is 3. The molecular weight excluding hydrogens is 501 g/mol. The third-order valence-electron chi connectivity index (χ3n) is 5.69. The Morgan fingerprint density at radius 1 is 1.08 bits per heavy atom. The molecule has 13 heteroatoms. The molecule has 1 saturated heterocycles. The molecule has 0 aliphatic carbocycles. The van der Waals surface area contributed by atoms with Gasteiger partial charge in [-0.25, -0.2) is 0 Å². The fourth-order valence-electron chi connectivity index (χ4n) is 4.06. The lowest BCUT2D eigenvalue weighted by molar-refractivity contribution is -0.274. The number of carbonyl (C=O) groups excluding carboxylic acids is 3. The number of hydrogen-bond acceptors (Lipinski definition) is 8. The normalized spacial score (nSPS) is 17.7. The fourth-order valence-corrected chi connectivity index (χ4v) is 4.82. The number of imide groups is 1. The zero-order chi connectivity index (χ0) is 25.4. The van der Waals surface area contributed by atoms with Crippen molar-refractivity contribution in [3.8, 4) is 22.1 Å². The minimum absolute atomic E-state index is 0.0516. The first-order chi connectivity index (χ1) is 17.2. The van der Waals surface area contributed by atoms with Crippen LogP contribution in [-0.4, -0.2) is 45.2 Å². The molecule has 3 aromatic rings. The number of amides is 3. The van der Waals surface area contributed by atoms with E-state index in [-0.39, 0.29) is 43.6 Å². The van der Waals surface area contributed by atoms with E-state index in [1.807, 2.05) is 0 Å². The Hall–Kier alpha value is -4.00. The first kappa shape index (κ1) is 23.7. The quantitative estimate of drug-likeness (QED) is 0.498. The smallest absolute Gasteiger partial charge is 0.486 e. The van der Waals surface area contributed by atoms with Crippen LogP contribution in [0.25, 0.3) is 10.6 Å². The standard InChI is InChI=1S/C23H17F3N4O5S/c24-23(25,26)35-13-6-4-12(5-7-13)21-29-28-19(36-21)11-34-17-3-1-2-14-15(17)10-30(22(14)33)16-8-9-18(31)27-20(16)32/h1-7,16H,8-11H2,(H,27,31,32). The van der Waals surface area contributed by atoms with Crippen molar-refractivity contribution in [2.24, 2.45) is 0 Å². The van der Waals surface area contributed by atoms with Gasteiger partial charge in [-0.05, 0) is 42.8 Å². The van der Waals surface area contributed by atoms with Crippen LogP contribution < -0.4 is 14.8 Å². The zero-order valence-corrected chi connectivity index (χ0v) is 19.2. The number of hydrogen-bond donors (Lipinski definition) is 1. The topological polar surface area (TPSA) is 111 Å². The summed E-state index contributed by atoms with van der Waals surface area (Å²) >= 11 is 1.21. The number of benzene rings is 2. The molecule has 0 bridgehead atoms. The molecule has 0 radical (unpaired) electrons. The summed E-state index contributed by atoms with van der Waals surface area (Å²) in [5.74, 6) is -1.03. The number of aromatic nitrogens is 2. The molecule has 2 aromatic carbocycles. The molecule has 5 rings (SSSR count). The number of rotatable bonds is 6. The molecule has 3 heterocycles. The van der Waals surface area contributed by atoms with Gasteiger partial charge in [0.05, 0.1) is 6.54 Å². The van der Waals surface area contributed by atoms with Crippen LogP contribution in [0.2, 0.25) is 0 Å². The monoisotopic (exact) mass is 518 g/mol. The van der Waals surface area contributed by atoms with Gasteiger partial charge in [-0.3, -0.25) is 19.7 Å². The Labute approximate surface area is 205 Å². The van der Waals surface area contributed by atoms with Crippen molar-refractivity contribution in [3.05, 3.63) is 58.6 Å². The van der Waals surface area contributed by atoms with Crippen LogP contribution in [-0.2, 0) is 22.7 Å². The first-order valence-corrected chi connectivity index (χ1v) is 11.6. The molecule has 9 nitrogen and oxygen atoms in total. The molecule has 1 atom stereocenters. The van der Waals surface area contributed by atoms with Gasteiger partial charge >= 0.3 is 6.36 Å². The molecule has 36 heavy (non-hydrogen) atoms. The molecule has 1 N–H and O–H groups in total. The molecular formula is C23H17F3N4O5S. The maximum Gasteiger partial charge on any atom is 0.573 e. The van der Waals surface area contributed by atoms with Gasteiger partial charge in [0, 0.05) is 23.1 Å². The highest BCUT2D eigenvalue weighted by atomic mass is 32.1. The molecule has 3 amide bonds. The molecule has 2 aliphatic rings. The van der Waals surface area contributed by atoms with Crippen molar-refractivity contribution in [1.82, 2.24) is 20.4 Å². The van der Waals surface area contributed by atoms with E-state index < -0.39 is 18.3 Å². The Kier molecular flexibility index (Phi) is 6.08. The molecule has 1 unspecified atom stereocenters. The molecule has 0 saturated carbocycles. The van der Waals surface area contributed by atoms with Crippen molar-refractivity contribution in [1.29, 1.82) is 0 Å². The van der Waals surface area contributed by atoms with E-state index >= 15 is 0 Å². The van der Waals surface area contributed by atoms with Crippen LogP contribution in [0.5, 0.6) is 11.5 Å². The number of carbonyl (C=O) groups is 3. The number of fused-ring (bicyclic) bond motifs is 1. The van der Waals surface area contributed by atoms with E-state index in [9.17, 15) is 27.6 Å². The maximum atomic E-state index is 12.9. The van der Waals surface area contributed by atoms with Crippen molar-refractivity contribution in [3.63, 3.8) is 0 Å². The van der Waals surface area contributed by atoms with Gasteiger partial charge in [0.1, 0.15) is 29.2 Å². The van der Waals surface area contributed by atoms with E-state index in [1.165, 1.54) is 40.5 Å². The van der Waals surface area contributed by atoms with E-state index in [0.29, 0.717) is 32.5 Å². The molecule has 1 fully saturated rings. The van der Waals surface area contributed by atoms with Crippen molar-refractivity contribution < 1.29 is 37.0 Å². The van der Waals surface area contributed by atoms with Gasteiger partial charge < -0.3 is 14.4 Å². The summed E-state index contributed by atoms with van der Waals surface area (Å²) in [5, 5.41) is 11.4. The Balaban J connectivity index is 1.26. The fraction of sp³-hybridized carbons (Fsp3) is 0.261. The van der Waals surface area contributed by atoms with E-state index in [4.69, 9.17) is 4.74 Å². The van der Waals surface area contributed by atoms with Crippen molar-refractivity contribution >= 4 is 29.1 Å². The number of piperidine rings is 1. The SMILES string of the molecule is O=C1CCC(N2Cc3c(OCc4nnc(-c5ccc(OC(F)(F)F)cc5)s4)cccc3C2=O)C(=O)N1. The second kappa shape index (κ2) is 9.22. The lowest BCUT2D eigenvalue weighted by Crippen LogP contribution is -2.52. The van der Waals surface area contributed by atoms with Gasteiger partial charge in [0.15, 0.2) is 5.01 Å². The Bertz CT molecular complexity index is 1340. The third kappa shape index (κ3) is 4.87. The van der Waals surface area contributed by atoms with E-state index in [0.717, 1.165) is 0 Å². The Morgan fingerprint density at radius 3 is 2.58 bits per heavy atom. The van der Waals surface area contributed by atoms with Gasteiger partial charge in [-0.15, -0.1) is 23.4 Å². The third-order valence-corrected chi connectivity index (χ3v) is 6.64. The number of ether oxygens (including phenoxy) is 2. The summed E-state index contributed by atoms with van der Waals surface area (Å²) in [7, 11) is 0. The first-order valence-electron chi connectivity index (χ1n) is 10.8. The summed E-state index contributed by atoms with van der Waals surface area (Å²) < 4.78 is 46.8. The van der Waals surface area contributed by atoms with Crippen LogP contribution in [0.4, 0.5) is 13.2 Å². The highest BCUT2D eigenvalue weighted by Gasteiger charge is 2.40. The lowest BCUT2D eigenvalue weighted by Gasteiger charge is -2.29. The van der Waals surface area contributed by atoms with Gasteiger partial charge in [-0.1, -0.05) is 17.4 Å². The highest BCUT2D eigenvalue weighted by Crippen LogP contribution is 2.34. The lowest BCUT2D eigenvalue weighted by atomic mass is 10.0. The molecule has 0 spiro atoms. The average molecular weight is 518 g/mol. The Morgan fingerprint density at radius 2 is 1.86 bits per heavy atom. The van der Waals surface area contributed by atoms with Crippen LogP contribution in [0.3, 0.4) is 0 Å². The number of nitrogens with zero attached hydrogens (tertiary/aromatic N) is 3. The molecule has 2 aliphatic heterocycles. The highest BCUT2D eigenvalue weighted by molar-refractivity contribution is 7.14. The molecule has 186 valence electrons. The van der Waals surface area contributed by atoms with Crippen LogP contribution in [0, 0.1) is 0 Å². The summed E-state index contributed by atoms with van der Waals surface area (Å²) in [6, 6.07) is 9.60. The predicted molar refractivity (Wildman–Crippen MR) is 119 cm³/mol. The summed E-state index contributed by atoms with van der Waals surface area (Å²) in [6.45, 7) is 0.223. The summed E-state index contributed by atoms with van der Waals surface area (Å²) in [5.41, 5.74) is 1.63. The van der Waals surface area contributed by atoms with Gasteiger partial charge in [-0.2, -0.15) is 0 Å². The predicted octanol–water partition coefficient (Wildman–Crippen LogP) is 3.44.